The van der Waals surface area contributed by atoms with E-state index in [0.717, 1.165) is 12.3 Å². The van der Waals surface area contributed by atoms with Gasteiger partial charge in [0.2, 0.25) is 0 Å². The quantitative estimate of drug-likeness (QED) is 0.672. The Morgan fingerprint density at radius 3 is 3.25 bits per heavy atom. The van der Waals surface area contributed by atoms with Crippen LogP contribution in [0, 0.1) is 0 Å². The Balaban J connectivity index is 2.27. The molecule has 1 aromatic rings. The molecule has 0 bridgehead atoms. The van der Waals surface area contributed by atoms with E-state index >= 15 is 0 Å². The van der Waals surface area contributed by atoms with Crippen LogP contribution < -0.4 is 5.69 Å². The van der Waals surface area contributed by atoms with Crippen LogP contribution in [-0.4, -0.2) is 20.6 Å². The van der Waals surface area contributed by atoms with Crippen molar-refractivity contribution in [1.82, 2.24) is 9.55 Å². The monoisotopic (exact) mass is 202 g/mol. The van der Waals surface area contributed by atoms with Crippen molar-refractivity contribution < 1.29 is 0 Å². The van der Waals surface area contributed by atoms with E-state index in [-0.39, 0.29) is 5.69 Å². The van der Waals surface area contributed by atoms with E-state index in [2.05, 4.69) is 4.98 Å². The lowest BCUT2D eigenvalue weighted by Gasteiger charge is -2.01. The van der Waals surface area contributed by atoms with Crippen LogP contribution >= 0.6 is 23.4 Å². The molecule has 1 unspecified atom stereocenters. The molecular weight excluding hydrogens is 196 g/mol. The average Bonchev–Trinajstić information content (AvgIpc) is 2.81. The number of halogens is 1. The molecule has 0 N–H and O–H groups in total. The number of rotatable bonds is 2. The van der Waals surface area contributed by atoms with E-state index in [4.69, 9.17) is 11.6 Å². The van der Waals surface area contributed by atoms with Gasteiger partial charge in [-0.15, -0.1) is 0 Å². The lowest BCUT2D eigenvalue weighted by molar-refractivity contribution is 0.669. The van der Waals surface area contributed by atoms with Gasteiger partial charge in [0.05, 0.1) is 11.2 Å². The molecule has 1 aliphatic rings. The molecule has 1 saturated heterocycles. The van der Waals surface area contributed by atoms with E-state index in [0.29, 0.717) is 10.3 Å². The number of hydrogen-bond acceptors (Lipinski definition) is 3. The van der Waals surface area contributed by atoms with Gasteiger partial charge in [-0.1, -0.05) is 11.6 Å². The molecule has 64 valence electrons. The molecule has 0 saturated carbocycles. The van der Waals surface area contributed by atoms with E-state index < -0.39 is 0 Å². The van der Waals surface area contributed by atoms with E-state index in [9.17, 15) is 4.79 Å². The van der Waals surface area contributed by atoms with Crippen molar-refractivity contribution >= 4 is 23.4 Å². The van der Waals surface area contributed by atoms with Gasteiger partial charge in [-0.05, 0) is 0 Å². The Morgan fingerprint density at radius 2 is 2.58 bits per heavy atom. The highest BCUT2D eigenvalue weighted by Crippen LogP contribution is 2.30. The van der Waals surface area contributed by atoms with E-state index in [1.807, 2.05) is 11.8 Å². The van der Waals surface area contributed by atoms with Crippen molar-refractivity contribution in [1.29, 1.82) is 0 Å². The summed E-state index contributed by atoms with van der Waals surface area (Å²) >= 11 is 7.54. The van der Waals surface area contributed by atoms with Gasteiger partial charge in [-0.25, -0.2) is 9.78 Å². The third-order valence-electron chi connectivity index (χ3n) is 1.63. The van der Waals surface area contributed by atoms with Gasteiger partial charge in [0.15, 0.2) is 0 Å². The number of nitrogens with zero attached hydrogens (tertiary/aromatic N) is 2. The standard InChI is InChI=1S/C7H7ClN2OS/c8-5-1-9-7(11)10(2-5)3-6-4-12-6/h1-2,6H,3-4H2. The predicted molar refractivity (Wildman–Crippen MR) is 49.8 cm³/mol. The maximum absolute atomic E-state index is 11.1. The first kappa shape index (κ1) is 8.13. The first-order valence-corrected chi connectivity index (χ1v) is 5.02. The summed E-state index contributed by atoms with van der Waals surface area (Å²) in [7, 11) is 0. The van der Waals surface area contributed by atoms with Crippen molar-refractivity contribution in [3.05, 3.63) is 27.9 Å². The minimum absolute atomic E-state index is 0.216. The SMILES string of the molecule is O=c1ncc(Cl)cn1CC1CS1. The molecule has 1 aliphatic heterocycles. The molecule has 1 aromatic heterocycles. The fraction of sp³-hybridized carbons (Fsp3) is 0.429. The maximum Gasteiger partial charge on any atom is 0.347 e. The van der Waals surface area contributed by atoms with Crippen molar-refractivity contribution in [3.8, 4) is 0 Å². The van der Waals surface area contributed by atoms with Crippen molar-refractivity contribution in [2.45, 2.75) is 11.8 Å². The molecule has 0 amide bonds. The van der Waals surface area contributed by atoms with Gasteiger partial charge in [-0.3, -0.25) is 4.57 Å². The van der Waals surface area contributed by atoms with Gasteiger partial charge < -0.3 is 0 Å². The van der Waals surface area contributed by atoms with Gasteiger partial charge >= 0.3 is 5.69 Å². The van der Waals surface area contributed by atoms with Crippen LogP contribution in [0.5, 0.6) is 0 Å². The highest BCUT2D eigenvalue weighted by Gasteiger charge is 2.23. The molecule has 0 aromatic carbocycles. The van der Waals surface area contributed by atoms with Crippen LogP contribution in [0.15, 0.2) is 17.2 Å². The average molecular weight is 203 g/mol. The number of thioether (sulfide) groups is 1. The van der Waals surface area contributed by atoms with Crippen LogP contribution in [0.1, 0.15) is 0 Å². The summed E-state index contributed by atoms with van der Waals surface area (Å²) in [6.07, 6.45) is 3.01. The Labute approximate surface area is 78.8 Å². The van der Waals surface area contributed by atoms with Crippen molar-refractivity contribution in [2.75, 3.05) is 5.75 Å². The molecule has 1 fully saturated rings. The largest absolute Gasteiger partial charge is 0.347 e. The number of hydrogen-bond donors (Lipinski definition) is 0. The fourth-order valence-corrected chi connectivity index (χ4v) is 1.63. The Bertz CT molecular complexity index is 348. The predicted octanol–water partition coefficient (Wildman–Crippen LogP) is 1.01. The minimum atomic E-state index is -0.216. The van der Waals surface area contributed by atoms with Crippen molar-refractivity contribution in [2.24, 2.45) is 0 Å². The van der Waals surface area contributed by atoms with E-state index in [1.165, 1.54) is 6.20 Å². The first-order chi connectivity index (χ1) is 5.75. The first-order valence-electron chi connectivity index (χ1n) is 3.59. The summed E-state index contributed by atoms with van der Waals surface area (Å²) in [5.74, 6) is 1.14. The Hall–Kier alpha value is -0.480. The Morgan fingerprint density at radius 1 is 1.83 bits per heavy atom. The second-order valence-corrected chi connectivity index (χ2v) is 4.43. The third-order valence-corrected chi connectivity index (χ3v) is 2.77. The lowest BCUT2D eigenvalue weighted by Crippen LogP contribution is -2.23. The lowest BCUT2D eigenvalue weighted by atomic mass is 10.5. The van der Waals surface area contributed by atoms with Gasteiger partial charge in [0.25, 0.3) is 0 Å². The van der Waals surface area contributed by atoms with Crippen LogP contribution in [0.3, 0.4) is 0 Å². The van der Waals surface area contributed by atoms with Crippen LogP contribution in [0.4, 0.5) is 0 Å². The van der Waals surface area contributed by atoms with E-state index in [1.54, 1.807) is 10.8 Å². The number of aromatic nitrogens is 2. The molecule has 3 nitrogen and oxygen atoms in total. The molecule has 0 aliphatic carbocycles. The summed E-state index contributed by atoms with van der Waals surface area (Å²) in [6, 6.07) is 0. The molecule has 0 spiro atoms. The molecule has 5 heteroatoms. The molecule has 2 heterocycles. The zero-order valence-electron chi connectivity index (χ0n) is 6.24. The third kappa shape index (κ3) is 1.81. The summed E-state index contributed by atoms with van der Waals surface area (Å²) in [5.41, 5.74) is -0.216. The highest BCUT2D eigenvalue weighted by molar-refractivity contribution is 8.06. The summed E-state index contributed by atoms with van der Waals surface area (Å²) in [6.45, 7) is 0.733. The Kier molecular flexibility index (Phi) is 2.11. The van der Waals surface area contributed by atoms with Gasteiger partial charge in [-0.2, -0.15) is 11.8 Å². The highest BCUT2D eigenvalue weighted by atomic mass is 35.5. The molecular formula is C7H7ClN2OS. The summed E-state index contributed by atoms with van der Waals surface area (Å²) in [5, 5.41) is 1.10. The van der Waals surface area contributed by atoms with Gasteiger partial charge in [0, 0.05) is 23.7 Å². The van der Waals surface area contributed by atoms with Gasteiger partial charge in [0.1, 0.15) is 0 Å². The molecule has 0 radical (unpaired) electrons. The van der Waals surface area contributed by atoms with Crippen LogP contribution in [-0.2, 0) is 6.54 Å². The molecule has 1 atom stereocenters. The van der Waals surface area contributed by atoms with Crippen LogP contribution in [0.25, 0.3) is 0 Å². The molecule has 2 rings (SSSR count). The zero-order chi connectivity index (χ0) is 8.55. The smallest absolute Gasteiger partial charge is 0.297 e. The summed E-state index contributed by atoms with van der Waals surface area (Å²) < 4.78 is 1.56. The van der Waals surface area contributed by atoms with Crippen molar-refractivity contribution in [3.63, 3.8) is 0 Å². The zero-order valence-corrected chi connectivity index (χ0v) is 7.81. The normalized spacial score (nSPS) is 20.9. The fourth-order valence-electron chi connectivity index (χ4n) is 0.952. The maximum atomic E-state index is 11.1. The second-order valence-electron chi connectivity index (χ2n) is 2.66. The summed E-state index contributed by atoms with van der Waals surface area (Å²) in [4.78, 5) is 14.7. The second kappa shape index (κ2) is 3.11. The molecule has 12 heavy (non-hydrogen) atoms. The minimum Gasteiger partial charge on any atom is -0.297 e. The topological polar surface area (TPSA) is 34.9 Å². The van der Waals surface area contributed by atoms with Crippen LogP contribution in [0.2, 0.25) is 5.02 Å².